The number of halogens is 6. The summed E-state index contributed by atoms with van der Waals surface area (Å²) in [5, 5.41) is -4.74. The van der Waals surface area contributed by atoms with Crippen LogP contribution in [0.5, 0.6) is 0 Å². The molecule has 0 amide bonds. The molecule has 0 aromatic rings. The number of alkyl halides is 6. The Labute approximate surface area is 137 Å². The lowest BCUT2D eigenvalue weighted by molar-refractivity contribution is -0.247. The molecule has 0 aromatic carbocycles. The summed E-state index contributed by atoms with van der Waals surface area (Å²) in [4.78, 5) is 10.8. The summed E-state index contributed by atoms with van der Waals surface area (Å²) < 4.78 is 132. The Morgan fingerprint density at radius 1 is 1.00 bits per heavy atom. The number of carboxylic acids is 1. The van der Waals surface area contributed by atoms with E-state index in [-0.39, 0.29) is 12.8 Å². The Morgan fingerprint density at radius 2 is 1.48 bits per heavy atom. The molecule has 1 fully saturated rings. The second-order valence-corrected chi connectivity index (χ2v) is 8.57. The minimum absolute atomic E-state index is 0.176. The lowest BCUT2D eigenvalue weighted by atomic mass is 10.0. The van der Waals surface area contributed by atoms with E-state index in [1.165, 1.54) is 0 Å². The second-order valence-electron chi connectivity index (χ2n) is 5.12. The monoisotopic (exact) mass is 423 g/mol. The Hall–Kier alpha value is -1.13. The second kappa shape index (κ2) is 6.24. The molecule has 0 aromatic heterocycles. The first-order valence-corrected chi connectivity index (χ1v) is 9.12. The summed E-state index contributed by atoms with van der Waals surface area (Å²) in [6.07, 6.45) is -0.517. The molecule has 16 heteroatoms. The van der Waals surface area contributed by atoms with Crippen LogP contribution in [0.3, 0.4) is 0 Å². The maximum atomic E-state index is 13.7. The van der Waals surface area contributed by atoms with Gasteiger partial charge in [-0.15, -0.1) is 0 Å². The number of sulfonamides is 1. The highest BCUT2D eigenvalue weighted by Gasteiger charge is 2.82. The van der Waals surface area contributed by atoms with Crippen molar-refractivity contribution in [3.63, 3.8) is 0 Å². The van der Waals surface area contributed by atoms with Gasteiger partial charge >= 0.3 is 32.5 Å². The van der Waals surface area contributed by atoms with Crippen molar-refractivity contribution < 1.29 is 57.6 Å². The average molecular weight is 423 g/mol. The number of aliphatic carboxylic acids is 1. The first kappa shape index (κ1) is 21.9. The van der Waals surface area contributed by atoms with Gasteiger partial charge in [0, 0.05) is 13.1 Å². The molecule has 1 heterocycles. The quantitative estimate of drug-likeness (QED) is 0.478. The Balaban J connectivity index is 3.37. The van der Waals surface area contributed by atoms with Gasteiger partial charge < -0.3 is 5.11 Å². The highest BCUT2D eigenvalue weighted by atomic mass is 32.2. The Bertz CT molecular complexity index is 750. The molecule has 148 valence electrons. The predicted molar refractivity (Wildman–Crippen MR) is 67.2 cm³/mol. The standard InChI is InChI=1S/C9H11F6NO7S2/c10-7(11,9(14,15)25(21,22)23)8(12,13)24(19,20)16-3-1-2-5(4-16)6(17)18/h5H,1-4H2,(H,17,18)(H,21,22,23). The van der Waals surface area contributed by atoms with Crippen molar-refractivity contribution in [1.29, 1.82) is 0 Å². The molecule has 0 bridgehead atoms. The minimum atomic E-state index is -7.10. The van der Waals surface area contributed by atoms with Crippen molar-refractivity contribution in [2.45, 2.75) is 29.3 Å². The number of hydrogen-bond donors (Lipinski definition) is 2. The molecule has 1 aliphatic heterocycles. The fraction of sp³-hybridized carbons (Fsp3) is 0.889. The van der Waals surface area contributed by atoms with Gasteiger partial charge in [-0.2, -0.15) is 39.1 Å². The fourth-order valence-corrected chi connectivity index (χ4v) is 4.06. The lowest BCUT2D eigenvalue weighted by Crippen LogP contribution is -2.63. The van der Waals surface area contributed by atoms with Crippen LogP contribution in [0.4, 0.5) is 26.3 Å². The van der Waals surface area contributed by atoms with Crippen molar-refractivity contribution in [3.05, 3.63) is 0 Å². The molecule has 0 aliphatic carbocycles. The van der Waals surface area contributed by atoms with E-state index >= 15 is 0 Å². The normalized spacial score (nSPS) is 22.0. The molecular formula is C9H11F6NO7S2. The van der Waals surface area contributed by atoms with Crippen LogP contribution < -0.4 is 0 Å². The molecular weight excluding hydrogens is 412 g/mol. The highest BCUT2D eigenvalue weighted by molar-refractivity contribution is 7.90. The maximum Gasteiger partial charge on any atom is 0.439 e. The van der Waals surface area contributed by atoms with Crippen LogP contribution in [-0.2, 0) is 24.9 Å². The van der Waals surface area contributed by atoms with E-state index in [2.05, 4.69) is 0 Å². The van der Waals surface area contributed by atoms with E-state index in [9.17, 15) is 48.0 Å². The van der Waals surface area contributed by atoms with Gasteiger partial charge in [-0.1, -0.05) is 0 Å². The molecule has 0 saturated carbocycles. The van der Waals surface area contributed by atoms with E-state index in [1.54, 1.807) is 0 Å². The van der Waals surface area contributed by atoms with E-state index in [4.69, 9.17) is 9.66 Å². The zero-order valence-corrected chi connectivity index (χ0v) is 13.5. The average Bonchev–Trinajstić information content (AvgIpc) is 2.45. The maximum absolute atomic E-state index is 13.7. The summed E-state index contributed by atoms with van der Waals surface area (Å²) >= 11 is 0. The van der Waals surface area contributed by atoms with Crippen molar-refractivity contribution in [1.82, 2.24) is 4.31 Å². The molecule has 2 N–H and O–H groups in total. The van der Waals surface area contributed by atoms with Gasteiger partial charge in [0.1, 0.15) is 0 Å². The van der Waals surface area contributed by atoms with Crippen LogP contribution in [0.15, 0.2) is 0 Å². The van der Waals surface area contributed by atoms with Gasteiger partial charge in [-0.25, -0.2) is 8.42 Å². The third-order valence-electron chi connectivity index (χ3n) is 3.45. The van der Waals surface area contributed by atoms with E-state index in [1.807, 2.05) is 0 Å². The van der Waals surface area contributed by atoms with Crippen molar-refractivity contribution in [2.24, 2.45) is 5.92 Å². The smallest absolute Gasteiger partial charge is 0.439 e. The zero-order valence-electron chi connectivity index (χ0n) is 11.9. The van der Waals surface area contributed by atoms with Gasteiger partial charge in [0.05, 0.1) is 5.92 Å². The van der Waals surface area contributed by atoms with E-state index in [0.717, 1.165) is 0 Å². The van der Waals surface area contributed by atoms with Gasteiger partial charge in [0.2, 0.25) is 0 Å². The van der Waals surface area contributed by atoms with Crippen LogP contribution >= 0.6 is 0 Å². The Morgan fingerprint density at radius 3 is 1.88 bits per heavy atom. The summed E-state index contributed by atoms with van der Waals surface area (Å²) in [5.74, 6) is -10.2. The van der Waals surface area contributed by atoms with Crippen LogP contribution in [-0.4, -0.2) is 66.3 Å². The first-order chi connectivity index (χ1) is 10.9. The summed E-state index contributed by atoms with van der Waals surface area (Å²) in [7, 11) is -13.7. The number of hydrogen-bond acceptors (Lipinski definition) is 5. The van der Waals surface area contributed by atoms with Crippen molar-refractivity contribution >= 4 is 26.1 Å². The van der Waals surface area contributed by atoms with E-state index in [0.29, 0.717) is 0 Å². The third-order valence-corrected chi connectivity index (χ3v) is 6.27. The van der Waals surface area contributed by atoms with Crippen molar-refractivity contribution in [2.75, 3.05) is 13.1 Å². The molecule has 1 atom stereocenters. The van der Waals surface area contributed by atoms with Gasteiger partial charge in [0.25, 0.3) is 10.0 Å². The lowest BCUT2D eigenvalue weighted by Gasteiger charge is -2.36. The van der Waals surface area contributed by atoms with Crippen LogP contribution in [0.25, 0.3) is 0 Å². The first-order valence-electron chi connectivity index (χ1n) is 6.24. The van der Waals surface area contributed by atoms with Crippen LogP contribution in [0.1, 0.15) is 12.8 Å². The molecule has 25 heavy (non-hydrogen) atoms. The topological polar surface area (TPSA) is 129 Å². The number of nitrogens with zero attached hydrogens (tertiary/aromatic N) is 1. The molecule has 1 rings (SSSR count). The fourth-order valence-electron chi connectivity index (χ4n) is 2.02. The number of rotatable bonds is 6. The predicted octanol–water partition coefficient (Wildman–Crippen LogP) is 0.822. The number of carbonyl (C=O) groups is 1. The third kappa shape index (κ3) is 3.31. The number of piperidine rings is 1. The molecule has 0 spiro atoms. The summed E-state index contributed by atoms with van der Waals surface area (Å²) in [5.41, 5.74) is 0. The van der Waals surface area contributed by atoms with Gasteiger partial charge in [0.15, 0.2) is 0 Å². The minimum Gasteiger partial charge on any atom is -0.481 e. The summed E-state index contributed by atoms with van der Waals surface area (Å²) in [6, 6.07) is 0. The van der Waals surface area contributed by atoms with Crippen LogP contribution in [0.2, 0.25) is 0 Å². The molecule has 1 aliphatic rings. The zero-order chi connectivity index (χ0) is 20.1. The number of carboxylic acid groups (broad SMARTS) is 1. The molecule has 0 radical (unpaired) electrons. The van der Waals surface area contributed by atoms with Crippen molar-refractivity contribution in [3.8, 4) is 0 Å². The van der Waals surface area contributed by atoms with Gasteiger partial charge in [-0.3, -0.25) is 9.35 Å². The van der Waals surface area contributed by atoms with E-state index < -0.39 is 65.9 Å². The SMILES string of the molecule is O=C(O)C1CCCN(S(=O)(=O)C(F)(F)C(F)(F)C(F)(F)S(=O)(=O)O)C1. The largest absolute Gasteiger partial charge is 0.481 e. The highest BCUT2D eigenvalue weighted by Crippen LogP contribution is 2.51. The molecule has 1 saturated heterocycles. The Kier molecular flexibility index (Phi) is 5.47. The van der Waals surface area contributed by atoms with Crippen LogP contribution in [0, 0.1) is 5.92 Å². The molecule has 8 nitrogen and oxygen atoms in total. The molecule has 1 unspecified atom stereocenters. The van der Waals surface area contributed by atoms with Gasteiger partial charge in [-0.05, 0) is 12.8 Å². The summed E-state index contributed by atoms with van der Waals surface area (Å²) in [6.45, 7) is -2.06.